The van der Waals surface area contributed by atoms with Crippen LogP contribution in [-0.2, 0) is 6.42 Å². The zero-order valence-electron chi connectivity index (χ0n) is 10.2. The van der Waals surface area contributed by atoms with Gasteiger partial charge in [0.25, 0.3) is 0 Å². The van der Waals surface area contributed by atoms with Crippen molar-refractivity contribution in [2.45, 2.75) is 17.7 Å². The first-order valence-electron chi connectivity index (χ1n) is 6.10. The Balaban J connectivity index is 1.76. The van der Waals surface area contributed by atoms with E-state index in [-0.39, 0.29) is 0 Å². The minimum Gasteiger partial charge on any atom is -0.298 e. The molecule has 2 heteroatoms. The van der Waals surface area contributed by atoms with E-state index in [4.69, 9.17) is 0 Å². The van der Waals surface area contributed by atoms with Gasteiger partial charge in [0.15, 0.2) is 0 Å². The normalized spacial score (nSPS) is 10.2. The molecule has 0 aliphatic heterocycles. The number of carbonyl (C=O) groups excluding carboxylic acids is 1. The molecule has 0 bridgehead atoms. The van der Waals surface area contributed by atoms with Gasteiger partial charge in [0.2, 0.25) is 0 Å². The molecule has 0 aliphatic rings. The lowest BCUT2D eigenvalue weighted by atomic mass is 10.1. The molecule has 0 amide bonds. The van der Waals surface area contributed by atoms with Crippen molar-refractivity contribution in [3.8, 4) is 0 Å². The largest absolute Gasteiger partial charge is 0.298 e. The summed E-state index contributed by atoms with van der Waals surface area (Å²) in [6.45, 7) is 0. The van der Waals surface area contributed by atoms with Gasteiger partial charge in [-0.25, -0.2) is 0 Å². The second kappa shape index (κ2) is 7.02. The quantitative estimate of drug-likeness (QED) is 0.437. The molecule has 0 radical (unpaired) electrons. The van der Waals surface area contributed by atoms with Gasteiger partial charge in [-0.3, -0.25) is 4.79 Å². The summed E-state index contributed by atoms with van der Waals surface area (Å²) >= 11 is 1.81. The monoisotopic (exact) mass is 256 g/mol. The number of thioether (sulfide) groups is 1. The zero-order chi connectivity index (χ0) is 12.6. The van der Waals surface area contributed by atoms with Crippen LogP contribution in [0.3, 0.4) is 0 Å². The second-order valence-electron chi connectivity index (χ2n) is 4.13. The zero-order valence-corrected chi connectivity index (χ0v) is 11.0. The third kappa shape index (κ3) is 4.04. The highest BCUT2D eigenvalue weighted by Crippen LogP contribution is 2.20. The standard InChI is InChI=1S/C16H16OS/c17-13-15-8-4-10-16(12-15)18-11-5-9-14-6-2-1-3-7-14/h1-4,6-8,10,12-13H,5,9,11H2. The van der Waals surface area contributed by atoms with E-state index in [0.29, 0.717) is 0 Å². The Bertz CT molecular complexity index is 493. The number of hydrogen-bond acceptors (Lipinski definition) is 2. The minimum atomic E-state index is 0.753. The first-order chi connectivity index (χ1) is 8.88. The van der Waals surface area contributed by atoms with Gasteiger partial charge in [-0.15, -0.1) is 11.8 Å². The Kier molecular flexibility index (Phi) is 5.03. The van der Waals surface area contributed by atoms with E-state index in [1.54, 1.807) is 0 Å². The van der Waals surface area contributed by atoms with E-state index in [0.717, 1.165) is 30.4 Å². The Morgan fingerprint density at radius 3 is 2.61 bits per heavy atom. The van der Waals surface area contributed by atoms with Crippen molar-refractivity contribution in [3.05, 3.63) is 65.7 Å². The van der Waals surface area contributed by atoms with E-state index in [1.165, 1.54) is 10.5 Å². The van der Waals surface area contributed by atoms with Gasteiger partial charge in [-0.05, 0) is 36.3 Å². The molecular weight excluding hydrogens is 240 g/mol. The summed E-state index contributed by atoms with van der Waals surface area (Å²) < 4.78 is 0. The third-order valence-corrected chi connectivity index (χ3v) is 3.80. The molecule has 0 unspecified atom stereocenters. The smallest absolute Gasteiger partial charge is 0.150 e. The molecular formula is C16H16OS. The van der Waals surface area contributed by atoms with Crippen molar-refractivity contribution in [3.63, 3.8) is 0 Å². The van der Waals surface area contributed by atoms with Crippen LogP contribution in [0.25, 0.3) is 0 Å². The molecule has 2 rings (SSSR count). The molecule has 0 heterocycles. The van der Waals surface area contributed by atoms with E-state index in [2.05, 4.69) is 30.3 Å². The van der Waals surface area contributed by atoms with Crippen LogP contribution < -0.4 is 0 Å². The van der Waals surface area contributed by atoms with Gasteiger partial charge in [-0.1, -0.05) is 42.5 Å². The fraction of sp³-hybridized carbons (Fsp3) is 0.188. The molecule has 0 spiro atoms. The molecule has 2 aromatic rings. The summed E-state index contributed by atoms with van der Waals surface area (Å²) in [4.78, 5) is 11.8. The van der Waals surface area contributed by atoms with Crippen molar-refractivity contribution in [2.24, 2.45) is 0 Å². The van der Waals surface area contributed by atoms with Gasteiger partial charge in [-0.2, -0.15) is 0 Å². The van der Waals surface area contributed by atoms with E-state index in [1.807, 2.05) is 36.0 Å². The van der Waals surface area contributed by atoms with Crippen LogP contribution in [0.4, 0.5) is 0 Å². The van der Waals surface area contributed by atoms with Crippen LogP contribution in [0.5, 0.6) is 0 Å². The molecule has 0 N–H and O–H groups in total. The van der Waals surface area contributed by atoms with E-state index >= 15 is 0 Å². The lowest BCUT2D eigenvalue weighted by Gasteiger charge is -2.03. The number of aldehydes is 1. The van der Waals surface area contributed by atoms with Crippen molar-refractivity contribution in [1.82, 2.24) is 0 Å². The van der Waals surface area contributed by atoms with Gasteiger partial charge >= 0.3 is 0 Å². The third-order valence-electron chi connectivity index (χ3n) is 2.72. The molecule has 2 aromatic carbocycles. The predicted octanol–water partition coefficient (Wildman–Crippen LogP) is 4.22. The average molecular weight is 256 g/mol. The molecule has 0 fully saturated rings. The molecule has 0 saturated carbocycles. The van der Waals surface area contributed by atoms with Crippen molar-refractivity contribution >= 4 is 18.0 Å². The molecule has 0 atom stereocenters. The molecule has 92 valence electrons. The number of rotatable bonds is 6. The van der Waals surface area contributed by atoms with Gasteiger partial charge in [0, 0.05) is 10.5 Å². The predicted molar refractivity (Wildman–Crippen MR) is 77.3 cm³/mol. The maximum absolute atomic E-state index is 10.7. The van der Waals surface area contributed by atoms with Gasteiger partial charge < -0.3 is 0 Å². The second-order valence-corrected chi connectivity index (χ2v) is 5.30. The maximum atomic E-state index is 10.7. The lowest BCUT2D eigenvalue weighted by Crippen LogP contribution is -1.87. The molecule has 0 saturated heterocycles. The van der Waals surface area contributed by atoms with Crippen molar-refractivity contribution < 1.29 is 4.79 Å². The van der Waals surface area contributed by atoms with Crippen LogP contribution in [-0.4, -0.2) is 12.0 Å². The topological polar surface area (TPSA) is 17.1 Å². The fourth-order valence-electron chi connectivity index (χ4n) is 1.79. The average Bonchev–Trinajstić information content (AvgIpc) is 2.45. The van der Waals surface area contributed by atoms with Gasteiger partial charge in [0.1, 0.15) is 6.29 Å². The van der Waals surface area contributed by atoms with Crippen LogP contribution in [0.1, 0.15) is 22.3 Å². The number of carbonyl (C=O) groups is 1. The van der Waals surface area contributed by atoms with Crippen molar-refractivity contribution in [1.29, 1.82) is 0 Å². The Morgan fingerprint density at radius 1 is 1.00 bits per heavy atom. The number of hydrogen-bond donors (Lipinski definition) is 0. The highest BCUT2D eigenvalue weighted by atomic mass is 32.2. The van der Waals surface area contributed by atoms with Crippen LogP contribution in [0.15, 0.2) is 59.5 Å². The summed E-state index contributed by atoms with van der Waals surface area (Å²) in [7, 11) is 0. The Labute approximate surface area is 112 Å². The number of aryl methyl sites for hydroxylation is 1. The summed E-state index contributed by atoms with van der Waals surface area (Å²) in [6.07, 6.45) is 3.16. The van der Waals surface area contributed by atoms with Crippen LogP contribution in [0, 0.1) is 0 Å². The molecule has 1 nitrogen and oxygen atoms in total. The maximum Gasteiger partial charge on any atom is 0.150 e. The Hall–Kier alpha value is -1.54. The first-order valence-corrected chi connectivity index (χ1v) is 7.09. The molecule has 0 aliphatic carbocycles. The van der Waals surface area contributed by atoms with Crippen LogP contribution in [0.2, 0.25) is 0 Å². The SMILES string of the molecule is O=Cc1cccc(SCCCc2ccccc2)c1. The molecule has 18 heavy (non-hydrogen) atoms. The highest BCUT2D eigenvalue weighted by Gasteiger charge is 1.97. The van der Waals surface area contributed by atoms with Crippen LogP contribution >= 0.6 is 11.8 Å². The Morgan fingerprint density at radius 2 is 1.83 bits per heavy atom. The summed E-state index contributed by atoms with van der Waals surface area (Å²) in [5.74, 6) is 1.08. The summed E-state index contributed by atoms with van der Waals surface area (Å²) in [5, 5.41) is 0. The van der Waals surface area contributed by atoms with Gasteiger partial charge in [0.05, 0.1) is 0 Å². The van der Waals surface area contributed by atoms with E-state index < -0.39 is 0 Å². The number of benzene rings is 2. The fourth-order valence-corrected chi connectivity index (χ4v) is 2.71. The summed E-state index contributed by atoms with van der Waals surface area (Å²) in [5.41, 5.74) is 2.14. The lowest BCUT2D eigenvalue weighted by molar-refractivity contribution is 0.112. The van der Waals surface area contributed by atoms with E-state index in [9.17, 15) is 4.79 Å². The first kappa shape index (κ1) is 12.9. The molecule has 0 aromatic heterocycles. The highest BCUT2D eigenvalue weighted by molar-refractivity contribution is 7.99. The van der Waals surface area contributed by atoms with Crippen molar-refractivity contribution in [2.75, 3.05) is 5.75 Å². The minimum absolute atomic E-state index is 0.753. The summed E-state index contributed by atoms with van der Waals surface area (Å²) in [6, 6.07) is 18.3.